The number of amides is 12. The first kappa shape index (κ1) is 75.5. The van der Waals surface area contributed by atoms with E-state index in [-0.39, 0.29) is 51.6 Å². The van der Waals surface area contributed by atoms with E-state index in [9.17, 15) is 92.3 Å². The van der Waals surface area contributed by atoms with Gasteiger partial charge in [0, 0.05) is 25.6 Å². The van der Waals surface area contributed by atoms with Gasteiger partial charge in [-0.25, -0.2) is 0 Å². The smallest absolute Gasteiger partial charge is 0.308 e. The van der Waals surface area contributed by atoms with E-state index < -0.39 is 205 Å². The lowest BCUT2D eigenvalue weighted by atomic mass is 9.96. The summed E-state index contributed by atoms with van der Waals surface area (Å²) in [5, 5.41) is 62.2. The zero-order valence-corrected chi connectivity index (χ0v) is 51.8. The lowest BCUT2D eigenvalue weighted by molar-refractivity contribution is -0.150. The van der Waals surface area contributed by atoms with E-state index in [4.69, 9.17) is 5.73 Å². The minimum Gasteiger partial charge on any atom is -0.481 e. The molecule has 0 spiro atoms. The van der Waals surface area contributed by atoms with Gasteiger partial charge in [0.05, 0.1) is 44.3 Å². The molecule has 3 heterocycles. The molecule has 0 aromatic rings. The molecule has 0 aliphatic carbocycles. The fourth-order valence-corrected chi connectivity index (χ4v) is 10.2. The molecule has 12 amide bonds. The van der Waals surface area contributed by atoms with E-state index >= 15 is 4.79 Å². The summed E-state index contributed by atoms with van der Waals surface area (Å²) >= 11 is 0. The van der Waals surface area contributed by atoms with E-state index in [1.165, 1.54) is 13.8 Å². The van der Waals surface area contributed by atoms with Gasteiger partial charge >= 0.3 is 23.9 Å². The number of piperidine rings is 1. The van der Waals surface area contributed by atoms with Gasteiger partial charge < -0.3 is 89.1 Å². The van der Waals surface area contributed by atoms with Crippen molar-refractivity contribution in [2.45, 2.75) is 205 Å². The van der Waals surface area contributed by atoms with Crippen LogP contribution in [0.4, 0.5) is 0 Å². The Morgan fingerprint density at radius 1 is 0.589 bits per heavy atom. The Morgan fingerprint density at radius 3 is 1.68 bits per heavy atom. The number of carboxylic acids is 4. The van der Waals surface area contributed by atoms with Gasteiger partial charge in [-0.1, -0.05) is 59.1 Å². The first-order valence-corrected chi connectivity index (χ1v) is 30.1. The van der Waals surface area contributed by atoms with Gasteiger partial charge in [0.1, 0.15) is 54.4 Å². The van der Waals surface area contributed by atoms with Gasteiger partial charge in [0.25, 0.3) is 0 Å². The largest absolute Gasteiger partial charge is 0.481 e. The summed E-state index contributed by atoms with van der Waals surface area (Å²) in [5.74, 6) is -21.9. The van der Waals surface area contributed by atoms with Crippen molar-refractivity contribution in [1.82, 2.24) is 63.0 Å². The molecule has 12 atom stereocenters. The fraction of sp³-hybridized carbons (Fsp3) is 0.684. The Balaban J connectivity index is 2.18. The number of aliphatic carboxylic acids is 4. The number of hydrogen-bond donors (Lipinski definition) is 15. The van der Waals surface area contributed by atoms with Crippen LogP contribution in [0, 0.1) is 17.8 Å². The molecule has 0 bridgehead atoms. The molecule has 0 unspecified atom stereocenters. The van der Waals surface area contributed by atoms with Crippen LogP contribution in [0.5, 0.6) is 0 Å². The van der Waals surface area contributed by atoms with Crippen molar-refractivity contribution >= 4 is 94.8 Å². The normalized spacial score (nSPS) is 25.5. The van der Waals surface area contributed by atoms with Crippen molar-refractivity contribution in [3.8, 4) is 0 Å². The maximum Gasteiger partial charge on any atom is 0.308 e. The van der Waals surface area contributed by atoms with Crippen molar-refractivity contribution < 1.29 is 97.1 Å². The van der Waals surface area contributed by atoms with Gasteiger partial charge in [-0.3, -0.25) is 76.7 Å². The van der Waals surface area contributed by atoms with Crippen molar-refractivity contribution in [2.75, 3.05) is 26.2 Å². The summed E-state index contributed by atoms with van der Waals surface area (Å²) in [6.07, 6.45) is 4.82. The third-order valence-electron chi connectivity index (χ3n) is 15.2. The van der Waals surface area contributed by atoms with E-state index in [2.05, 4.69) is 51.1 Å². The Kier molecular flexibility index (Phi) is 30.7. The molecule has 502 valence electrons. The number of carboxylic acid groups (broad SMARTS) is 4. The molecule has 3 rings (SSSR count). The highest BCUT2D eigenvalue weighted by Gasteiger charge is 2.45. The van der Waals surface area contributed by atoms with Gasteiger partial charge in [-0.05, 0) is 77.6 Å². The van der Waals surface area contributed by atoms with E-state index in [0.29, 0.717) is 12.3 Å². The second-order valence-corrected chi connectivity index (χ2v) is 23.5. The standard InChI is InChI=1S/C57H89N13O20/c1-28(2)17-12-10-8-9-11-13-20-38(71)62-35(25-43(78)79)50(82)68-47-32(7)61-51(83)37-19-16-22-70(37)55(87)44(29(3)4)66-54(86)46(31(6)58)65-40(73)27-60-48(80)33(23-41(74)75)63-39(72)26-59-49(81)34(24-42(76)77)64-53(85)45(30(5)57(89)90)67-52(84)36-18-14-15-21-69(36)56(47)88/h11,13,28-37,44-47H,8-10,12,14-27,58H2,1-7H3,(H,59,81)(H,60,80)(H,61,83)(H,62,71)(H,63,72)(H,64,85)(H,65,73)(H,66,86)(H,67,84)(H,68,82)(H,74,75)(H,76,77)(H,78,79)(H,89,90)/t30-,31+,32+,33-,34-,35-,36+,37-,44-,45-,46+,47-/m0/s1. The van der Waals surface area contributed by atoms with Crippen LogP contribution < -0.4 is 58.9 Å². The van der Waals surface area contributed by atoms with Crippen molar-refractivity contribution in [3.05, 3.63) is 12.2 Å². The average Bonchev–Trinajstić information content (AvgIpc) is 1.43. The highest BCUT2D eigenvalue weighted by molar-refractivity contribution is 6.01. The number of nitrogens with zero attached hydrogens (tertiary/aromatic N) is 2. The van der Waals surface area contributed by atoms with Crippen LogP contribution >= 0.6 is 0 Å². The van der Waals surface area contributed by atoms with Gasteiger partial charge in [0.2, 0.25) is 70.9 Å². The fourth-order valence-electron chi connectivity index (χ4n) is 10.2. The number of unbranched alkanes of at least 4 members (excludes halogenated alkanes) is 3. The van der Waals surface area contributed by atoms with Crippen LogP contribution in [-0.2, 0) is 76.7 Å². The summed E-state index contributed by atoms with van der Waals surface area (Å²) in [4.78, 5) is 218. The van der Waals surface area contributed by atoms with Crippen LogP contribution in [0.15, 0.2) is 12.2 Å². The second-order valence-electron chi connectivity index (χ2n) is 23.5. The van der Waals surface area contributed by atoms with Gasteiger partial charge in [-0.15, -0.1) is 0 Å². The molecule has 0 aromatic heterocycles. The topological polar surface area (TPSA) is 507 Å². The van der Waals surface area contributed by atoms with E-state index in [1.54, 1.807) is 26.0 Å². The van der Waals surface area contributed by atoms with E-state index in [0.717, 1.165) is 42.4 Å². The summed E-state index contributed by atoms with van der Waals surface area (Å²) in [6.45, 7) is 8.60. The monoisotopic (exact) mass is 1280 g/mol. The third kappa shape index (κ3) is 24.3. The Bertz CT molecular complexity index is 2690. The maximum atomic E-state index is 15.2. The highest BCUT2D eigenvalue weighted by Crippen LogP contribution is 2.24. The third-order valence-corrected chi connectivity index (χ3v) is 15.2. The molecule has 90 heavy (non-hydrogen) atoms. The van der Waals surface area contributed by atoms with Crippen molar-refractivity contribution in [3.63, 3.8) is 0 Å². The number of carbonyl (C=O) groups is 16. The molecular formula is C57H89N13O20. The molecule has 33 heteroatoms. The molecule has 0 saturated carbocycles. The van der Waals surface area contributed by atoms with Crippen LogP contribution in [-0.4, -0.2) is 218 Å². The SMILES string of the molecule is CC(C)CCCCCC=CCC(=O)N[C@@H](CC(=O)O)C(=O)N[C@@H]1C(=O)N2CCCC[C@@H]2C(=O)N[C@@H]([C@H](C)C(=O)O)C(=O)N[C@@H](CC(=O)O)C(=O)NCC(=O)N[C@@H](CC(=O)O)C(=O)NCC(=O)N[C@H]([C@@H](C)N)C(=O)N[C@@H](C(C)C)C(=O)N2CCC[C@H]2C(=O)N[C@@H]1C. The molecular weight excluding hydrogens is 1190 g/mol. The number of allylic oxidation sites excluding steroid dienone is 1. The predicted octanol–water partition coefficient (Wildman–Crippen LogP) is -3.80. The molecule has 16 N–H and O–H groups in total. The van der Waals surface area contributed by atoms with Crippen LogP contribution in [0.1, 0.15) is 138 Å². The molecule has 3 saturated heterocycles. The Morgan fingerprint density at radius 2 is 1.12 bits per heavy atom. The molecule has 0 aromatic carbocycles. The minimum atomic E-state index is -2.15. The number of nitrogens with two attached hydrogens (primary N) is 1. The van der Waals surface area contributed by atoms with Gasteiger partial charge in [-0.2, -0.15) is 0 Å². The number of hydrogen-bond acceptors (Lipinski definition) is 17. The first-order chi connectivity index (χ1) is 42.2. The number of nitrogens with one attached hydrogen (secondary N) is 10. The van der Waals surface area contributed by atoms with Crippen molar-refractivity contribution in [1.29, 1.82) is 0 Å². The zero-order chi connectivity index (χ0) is 67.7. The molecule has 0 radical (unpaired) electrons. The number of carbonyl (C=O) groups excluding carboxylic acids is 12. The van der Waals surface area contributed by atoms with E-state index in [1.807, 2.05) is 16.0 Å². The minimum absolute atomic E-state index is 0.0220. The highest BCUT2D eigenvalue weighted by atomic mass is 16.4. The summed E-state index contributed by atoms with van der Waals surface area (Å²) in [5.41, 5.74) is 6.11. The Hall–Kier alpha value is -8.78. The quantitative estimate of drug-likeness (QED) is 0.0387. The molecule has 3 fully saturated rings. The lowest BCUT2D eigenvalue weighted by Gasteiger charge is -2.39. The Labute approximate surface area is 520 Å². The first-order valence-electron chi connectivity index (χ1n) is 30.1. The van der Waals surface area contributed by atoms with Crippen LogP contribution in [0.2, 0.25) is 0 Å². The zero-order valence-electron chi connectivity index (χ0n) is 51.8. The number of fused-ring (bicyclic) bond motifs is 2. The predicted molar refractivity (Wildman–Crippen MR) is 315 cm³/mol. The molecule has 3 aliphatic rings. The second kappa shape index (κ2) is 36.6. The van der Waals surface area contributed by atoms with Crippen LogP contribution in [0.25, 0.3) is 0 Å². The van der Waals surface area contributed by atoms with Gasteiger partial charge in [0.15, 0.2) is 0 Å². The van der Waals surface area contributed by atoms with Crippen LogP contribution in [0.3, 0.4) is 0 Å². The van der Waals surface area contributed by atoms with Crippen molar-refractivity contribution in [2.24, 2.45) is 23.5 Å². The molecule has 3 aliphatic heterocycles. The number of rotatable bonds is 21. The maximum absolute atomic E-state index is 15.2. The summed E-state index contributed by atoms with van der Waals surface area (Å²) in [7, 11) is 0. The molecule has 33 nitrogen and oxygen atoms in total. The average molecular weight is 1280 g/mol. The summed E-state index contributed by atoms with van der Waals surface area (Å²) in [6, 6.07) is -18.5. The lowest BCUT2D eigenvalue weighted by Crippen LogP contribution is -2.66. The summed E-state index contributed by atoms with van der Waals surface area (Å²) < 4.78 is 0.